The third-order valence-electron chi connectivity index (χ3n) is 4.80. The molecule has 7 nitrogen and oxygen atoms in total. The molecule has 29 heavy (non-hydrogen) atoms. The number of aliphatic hydroxyl groups is 1. The third kappa shape index (κ3) is 4.06. The molecule has 1 atom stereocenters. The van der Waals surface area contributed by atoms with Crippen molar-refractivity contribution < 1.29 is 14.6 Å². The minimum absolute atomic E-state index is 0.226. The first-order valence-corrected chi connectivity index (χ1v) is 10.5. The van der Waals surface area contributed by atoms with Crippen LogP contribution in [0.25, 0.3) is 20.7 Å². The summed E-state index contributed by atoms with van der Waals surface area (Å²) >= 11 is 7.85. The van der Waals surface area contributed by atoms with Gasteiger partial charge in [-0.05, 0) is 48.7 Å². The van der Waals surface area contributed by atoms with Gasteiger partial charge in [0.2, 0.25) is 5.28 Å². The molecular weight excluding hydrogens is 412 g/mol. The van der Waals surface area contributed by atoms with E-state index in [9.17, 15) is 9.90 Å². The summed E-state index contributed by atoms with van der Waals surface area (Å²) in [5.74, 6) is 0.392. The Bertz CT molecular complexity index is 1060. The van der Waals surface area contributed by atoms with Crippen LogP contribution in [0.1, 0.15) is 12.5 Å². The van der Waals surface area contributed by atoms with Crippen molar-refractivity contribution >= 4 is 50.6 Å². The first kappa shape index (κ1) is 20.0. The fraction of sp³-hybridized carbons (Fsp3) is 0.350. The molecule has 0 radical (unpaired) electrons. The smallest absolute Gasteiger partial charge is 0.252 e. The highest BCUT2D eigenvalue weighted by Crippen LogP contribution is 2.42. The van der Waals surface area contributed by atoms with E-state index in [1.54, 1.807) is 17.4 Å². The Morgan fingerprint density at radius 3 is 2.83 bits per heavy atom. The molecular formula is C20H21ClN4O3S. The van der Waals surface area contributed by atoms with Crippen molar-refractivity contribution in [3.05, 3.63) is 35.1 Å². The van der Waals surface area contributed by atoms with Crippen molar-refractivity contribution in [2.45, 2.75) is 20.0 Å². The van der Waals surface area contributed by atoms with E-state index < -0.39 is 12.0 Å². The third-order valence-corrected chi connectivity index (χ3v) is 6.30. The molecule has 0 saturated carbocycles. The number of thiophene rings is 1. The van der Waals surface area contributed by atoms with Crippen molar-refractivity contribution in [3.63, 3.8) is 0 Å². The molecule has 1 aliphatic heterocycles. The molecule has 1 amide bonds. The Morgan fingerprint density at radius 2 is 2.10 bits per heavy atom. The number of anilines is 2. The van der Waals surface area contributed by atoms with Gasteiger partial charge in [0, 0.05) is 23.7 Å². The molecule has 0 unspecified atom stereocenters. The van der Waals surface area contributed by atoms with Crippen LogP contribution in [0.4, 0.5) is 11.5 Å². The maximum absolute atomic E-state index is 11.8. The quantitative estimate of drug-likeness (QED) is 0.614. The number of halogens is 1. The van der Waals surface area contributed by atoms with Crippen molar-refractivity contribution in [1.29, 1.82) is 0 Å². The number of nitrogens with zero attached hydrogens (tertiary/aromatic N) is 3. The number of amides is 1. The number of carbonyl (C=O) groups is 1. The summed E-state index contributed by atoms with van der Waals surface area (Å²) in [5, 5.41) is 12.4. The van der Waals surface area contributed by atoms with Crippen LogP contribution < -0.4 is 10.2 Å². The van der Waals surface area contributed by atoms with Gasteiger partial charge in [0.15, 0.2) is 5.82 Å². The molecule has 3 heterocycles. The van der Waals surface area contributed by atoms with E-state index in [1.165, 1.54) is 6.92 Å². The summed E-state index contributed by atoms with van der Waals surface area (Å²) in [6, 6.07) is 7.54. The molecule has 2 N–H and O–H groups in total. The van der Waals surface area contributed by atoms with Gasteiger partial charge in [0.05, 0.1) is 23.4 Å². The first-order chi connectivity index (χ1) is 13.9. The molecule has 152 valence electrons. The fourth-order valence-electron chi connectivity index (χ4n) is 3.30. The normalized spacial score (nSPS) is 15.5. The Labute approximate surface area is 177 Å². The molecule has 1 saturated heterocycles. The highest BCUT2D eigenvalue weighted by molar-refractivity contribution is 7.23. The molecule has 0 bridgehead atoms. The number of aryl methyl sites for hydroxylation is 1. The summed E-state index contributed by atoms with van der Waals surface area (Å²) in [6.45, 7) is 6.29. The predicted octanol–water partition coefficient (Wildman–Crippen LogP) is 3.48. The topological polar surface area (TPSA) is 87.6 Å². The van der Waals surface area contributed by atoms with E-state index in [0.717, 1.165) is 45.1 Å². The zero-order chi connectivity index (χ0) is 20.5. The van der Waals surface area contributed by atoms with Crippen molar-refractivity contribution in [2.24, 2.45) is 0 Å². The molecule has 0 spiro atoms. The summed E-state index contributed by atoms with van der Waals surface area (Å²) in [4.78, 5) is 24.0. The second-order valence-corrected chi connectivity index (χ2v) is 8.25. The fourth-order valence-corrected chi connectivity index (χ4v) is 4.72. The molecule has 2 aromatic heterocycles. The SMILES string of the molecule is Cc1c(-c2cccc(NC(=O)[C@H](C)O)c2)sc2c(N3CCOCC3)nc(Cl)nc12. The Balaban J connectivity index is 1.77. The predicted molar refractivity (Wildman–Crippen MR) is 116 cm³/mol. The maximum atomic E-state index is 11.8. The lowest BCUT2D eigenvalue weighted by atomic mass is 10.1. The monoisotopic (exact) mass is 432 g/mol. The van der Waals surface area contributed by atoms with E-state index >= 15 is 0 Å². The number of morpholine rings is 1. The van der Waals surface area contributed by atoms with Crippen LogP contribution in [0.2, 0.25) is 5.28 Å². The zero-order valence-corrected chi connectivity index (χ0v) is 17.7. The lowest BCUT2D eigenvalue weighted by Crippen LogP contribution is -2.36. The number of hydrogen-bond donors (Lipinski definition) is 2. The Morgan fingerprint density at radius 1 is 1.34 bits per heavy atom. The van der Waals surface area contributed by atoms with E-state index in [1.807, 2.05) is 25.1 Å². The average Bonchev–Trinajstić information content (AvgIpc) is 3.05. The number of carbonyl (C=O) groups excluding carboxylic acids is 1. The number of aromatic nitrogens is 2. The minimum atomic E-state index is -1.07. The lowest BCUT2D eigenvalue weighted by molar-refractivity contribution is -0.123. The van der Waals surface area contributed by atoms with Gasteiger partial charge in [0.25, 0.3) is 5.91 Å². The van der Waals surface area contributed by atoms with E-state index in [4.69, 9.17) is 16.3 Å². The van der Waals surface area contributed by atoms with E-state index in [-0.39, 0.29) is 5.28 Å². The van der Waals surface area contributed by atoms with Crippen LogP contribution in [-0.4, -0.2) is 53.4 Å². The van der Waals surface area contributed by atoms with Crippen LogP contribution in [-0.2, 0) is 9.53 Å². The summed E-state index contributed by atoms with van der Waals surface area (Å²) in [7, 11) is 0. The average molecular weight is 433 g/mol. The summed E-state index contributed by atoms with van der Waals surface area (Å²) < 4.78 is 6.44. The standard InChI is InChI=1S/C20H21ClN4O3S/c1-11-15-17(18(24-20(21)23-15)25-6-8-28-9-7-25)29-16(11)13-4-3-5-14(10-13)22-19(27)12(2)26/h3-5,10,12,26H,6-9H2,1-2H3,(H,22,27)/t12-/m0/s1. The van der Waals surface area contributed by atoms with Crippen LogP contribution in [0.15, 0.2) is 24.3 Å². The van der Waals surface area contributed by atoms with Gasteiger partial charge in [0.1, 0.15) is 6.10 Å². The molecule has 0 aliphatic carbocycles. The number of fused-ring (bicyclic) bond motifs is 1. The number of benzene rings is 1. The Kier molecular flexibility index (Phi) is 5.69. The highest BCUT2D eigenvalue weighted by atomic mass is 35.5. The molecule has 1 aromatic carbocycles. The highest BCUT2D eigenvalue weighted by Gasteiger charge is 2.22. The number of nitrogens with one attached hydrogen (secondary N) is 1. The number of hydrogen-bond acceptors (Lipinski definition) is 7. The number of ether oxygens (including phenoxy) is 1. The Hall–Kier alpha value is -2.26. The van der Waals surface area contributed by atoms with Gasteiger partial charge in [-0.1, -0.05) is 12.1 Å². The molecule has 3 aromatic rings. The van der Waals surface area contributed by atoms with E-state index in [2.05, 4.69) is 20.2 Å². The van der Waals surface area contributed by atoms with Gasteiger partial charge in [-0.3, -0.25) is 4.79 Å². The number of aliphatic hydroxyl groups excluding tert-OH is 1. The van der Waals surface area contributed by atoms with Crippen LogP contribution in [0.5, 0.6) is 0 Å². The van der Waals surface area contributed by atoms with Crippen molar-refractivity contribution in [3.8, 4) is 10.4 Å². The van der Waals surface area contributed by atoms with Gasteiger partial charge in [-0.2, -0.15) is 4.98 Å². The lowest BCUT2D eigenvalue weighted by Gasteiger charge is -2.28. The van der Waals surface area contributed by atoms with Crippen LogP contribution >= 0.6 is 22.9 Å². The largest absolute Gasteiger partial charge is 0.384 e. The summed E-state index contributed by atoms with van der Waals surface area (Å²) in [6.07, 6.45) is -1.07. The van der Waals surface area contributed by atoms with Gasteiger partial charge < -0.3 is 20.1 Å². The molecule has 1 fully saturated rings. The van der Waals surface area contributed by atoms with Gasteiger partial charge in [-0.25, -0.2) is 4.98 Å². The van der Waals surface area contributed by atoms with Gasteiger partial charge >= 0.3 is 0 Å². The molecule has 9 heteroatoms. The van der Waals surface area contributed by atoms with Gasteiger partial charge in [-0.15, -0.1) is 11.3 Å². The molecule has 1 aliphatic rings. The second kappa shape index (κ2) is 8.23. The van der Waals surface area contributed by atoms with Crippen molar-refractivity contribution in [1.82, 2.24) is 9.97 Å². The molecule has 4 rings (SSSR count). The summed E-state index contributed by atoms with van der Waals surface area (Å²) in [5.41, 5.74) is 3.44. The second-order valence-electron chi connectivity index (χ2n) is 6.90. The van der Waals surface area contributed by atoms with E-state index in [0.29, 0.717) is 18.9 Å². The zero-order valence-electron chi connectivity index (χ0n) is 16.1. The van der Waals surface area contributed by atoms with Crippen LogP contribution in [0.3, 0.4) is 0 Å². The maximum Gasteiger partial charge on any atom is 0.252 e. The van der Waals surface area contributed by atoms with Crippen molar-refractivity contribution in [2.75, 3.05) is 36.5 Å². The first-order valence-electron chi connectivity index (χ1n) is 9.32. The van der Waals surface area contributed by atoms with Crippen LogP contribution in [0, 0.1) is 6.92 Å². The number of rotatable bonds is 4. The minimum Gasteiger partial charge on any atom is -0.384 e.